The maximum atomic E-state index is 13.3. The lowest BCUT2D eigenvalue weighted by molar-refractivity contribution is -0.132. The van der Waals surface area contributed by atoms with E-state index in [9.17, 15) is 14.7 Å². The summed E-state index contributed by atoms with van der Waals surface area (Å²) in [6, 6.07) is 20.5. The Morgan fingerprint density at radius 2 is 1.71 bits per heavy atom. The summed E-state index contributed by atoms with van der Waals surface area (Å²) >= 11 is 6.00. The number of aliphatic hydroxyl groups excluding tert-OH is 1. The Morgan fingerprint density at radius 3 is 2.32 bits per heavy atom. The van der Waals surface area contributed by atoms with Crippen molar-refractivity contribution in [1.82, 2.24) is 0 Å². The van der Waals surface area contributed by atoms with Crippen LogP contribution in [0.1, 0.15) is 49.4 Å². The summed E-state index contributed by atoms with van der Waals surface area (Å²) in [7, 11) is 0. The third kappa shape index (κ3) is 4.44. The van der Waals surface area contributed by atoms with Crippen molar-refractivity contribution >= 4 is 34.7 Å². The van der Waals surface area contributed by atoms with E-state index >= 15 is 0 Å². The number of rotatable bonds is 6. The third-order valence-corrected chi connectivity index (χ3v) is 6.14. The van der Waals surface area contributed by atoms with E-state index in [1.807, 2.05) is 49.4 Å². The molecule has 174 valence electrons. The molecule has 0 bridgehead atoms. The van der Waals surface area contributed by atoms with Crippen molar-refractivity contribution in [2.24, 2.45) is 0 Å². The fourth-order valence-corrected chi connectivity index (χ4v) is 4.26. The van der Waals surface area contributed by atoms with Gasteiger partial charge in [0.2, 0.25) is 0 Å². The van der Waals surface area contributed by atoms with E-state index in [0.717, 1.165) is 5.56 Å². The van der Waals surface area contributed by atoms with Crippen LogP contribution in [0.4, 0.5) is 5.69 Å². The maximum Gasteiger partial charge on any atom is 0.300 e. The molecular weight excluding hydrogens is 450 g/mol. The fourth-order valence-electron chi connectivity index (χ4n) is 4.14. The van der Waals surface area contributed by atoms with Crippen molar-refractivity contribution in [3.63, 3.8) is 0 Å². The van der Waals surface area contributed by atoms with Crippen molar-refractivity contribution in [2.75, 3.05) is 11.5 Å². The van der Waals surface area contributed by atoms with Crippen LogP contribution < -0.4 is 9.64 Å². The van der Waals surface area contributed by atoms with Gasteiger partial charge in [-0.05, 0) is 72.5 Å². The Kier molecular flexibility index (Phi) is 6.75. The summed E-state index contributed by atoms with van der Waals surface area (Å²) in [6.07, 6.45) is 0. The molecule has 1 amide bonds. The predicted molar refractivity (Wildman–Crippen MR) is 134 cm³/mol. The topological polar surface area (TPSA) is 66.8 Å². The van der Waals surface area contributed by atoms with E-state index < -0.39 is 17.7 Å². The van der Waals surface area contributed by atoms with Gasteiger partial charge in [-0.25, -0.2) is 0 Å². The molecule has 1 aliphatic rings. The minimum atomic E-state index is -0.819. The lowest BCUT2D eigenvalue weighted by Crippen LogP contribution is -2.29. The van der Waals surface area contributed by atoms with Crippen molar-refractivity contribution < 1.29 is 19.4 Å². The summed E-state index contributed by atoms with van der Waals surface area (Å²) < 4.78 is 5.65. The van der Waals surface area contributed by atoms with Gasteiger partial charge in [0.25, 0.3) is 11.7 Å². The average Bonchev–Trinajstić information content (AvgIpc) is 3.10. The second-order valence-corrected chi connectivity index (χ2v) is 8.86. The van der Waals surface area contributed by atoms with Crippen LogP contribution in [0.5, 0.6) is 5.75 Å². The molecule has 1 atom stereocenters. The second kappa shape index (κ2) is 9.74. The zero-order chi connectivity index (χ0) is 24.4. The molecule has 6 heteroatoms. The Morgan fingerprint density at radius 1 is 1.03 bits per heavy atom. The third-order valence-electron chi connectivity index (χ3n) is 5.88. The fraction of sp³-hybridized carbons (Fsp3) is 0.214. The van der Waals surface area contributed by atoms with E-state index in [-0.39, 0.29) is 11.3 Å². The molecule has 4 rings (SSSR count). The zero-order valence-electron chi connectivity index (χ0n) is 19.3. The number of halogens is 1. The van der Waals surface area contributed by atoms with Crippen LogP contribution in [-0.4, -0.2) is 23.4 Å². The van der Waals surface area contributed by atoms with Crippen molar-refractivity contribution in [2.45, 2.75) is 32.7 Å². The molecule has 0 saturated carbocycles. The molecule has 1 N–H and O–H groups in total. The number of nitrogens with zero attached hydrogens (tertiary/aromatic N) is 1. The van der Waals surface area contributed by atoms with Gasteiger partial charge in [-0.1, -0.05) is 49.7 Å². The van der Waals surface area contributed by atoms with Crippen molar-refractivity contribution in [1.29, 1.82) is 0 Å². The van der Waals surface area contributed by atoms with Crippen LogP contribution in [0.2, 0.25) is 5.02 Å². The van der Waals surface area contributed by atoms with Gasteiger partial charge in [-0.15, -0.1) is 0 Å². The van der Waals surface area contributed by atoms with Gasteiger partial charge in [0, 0.05) is 16.3 Å². The highest BCUT2D eigenvalue weighted by atomic mass is 35.5. The molecular formula is C28H26ClNO4. The van der Waals surface area contributed by atoms with Crippen LogP contribution in [0.25, 0.3) is 5.76 Å². The van der Waals surface area contributed by atoms with E-state index in [4.69, 9.17) is 16.3 Å². The molecule has 0 radical (unpaired) electrons. The minimum absolute atomic E-state index is 0.0221. The SMILES string of the molecule is CCOc1cccc(C2/C(=C(/O)c3ccc(Cl)cc3)C(=O)C(=O)N2c2ccc(C(C)C)cc2)c1. The number of hydrogen-bond acceptors (Lipinski definition) is 4. The Bertz CT molecular complexity index is 1250. The van der Waals surface area contributed by atoms with Crippen LogP contribution in [0, 0.1) is 0 Å². The first-order valence-corrected chi connectivity index (χ1v) is 11.6. The van der Waals surface area contributed by atoms with E-state index in [1.54, 1.807) is 30.3 Å². The summed E-state index contributed by atoms with van der Waals surface area (Å²) in [4.78, 5) is 28.0. The Hall–Kier alpha value is -3.57. The summed E-state index contributed by atoms with van der Waals surface area (Å²) in [6.45, 7) is 6.54. The monoisotopic (exact) mass is 475 g/mol. The van der Waals surface area contributed by atoms with Gasteiger partial charge in [0.1, 0.15) is 11.5 Å². The highest BCUT2D eigenvalue weighted by molar-refractivity contribution is 6.51. The standard InChI is InChI=1S/C28H26ClNO4/c1-4-34-23-7-5-6-20(16-23)25-24(26(31)19-8-12-21(29)13-9-19)27(32)28(33)30(25)22-14-10-18(11-15-22)17(2)3/h5-17,25,31H,4H2,1-3H3/b26-24-. The molecule has 1 aliphatic heterocycles. The van der Waals surface area contributed by atoms with E-state index in [0.29, 0.717) is 40.1 Å². The number of aliphatic hydroxyl groups is 1. The quantitative estimate of drug-likeness (QED) is 0.251. The predicted octanol–water partition coefficient (Wildman–Crippen LogP) is 6.49. The molecule has 0 aromatic heterocycles. The van der Waals surface area contributed by atoms with Crippen LogP contribution in [0.3, 0.4) is 0 Å². The van der Waals surface area contributed by atoms with Crippen LogP contribution in [0.15, 0.2) is 78.4 Å². The van der Waals surface area contributed by atoms with Gasteiger partial charge in [0.15, 0.2) is 0 Å². The Balaban J connectivity index is 1.91. The molecule has 1 heterocycles. The number of carbonyl (C=O) groups is 2. The highest BCUT2D eigenvalue weighted by Gasteiger charge is 2.47. The molecule has 3 aromatic carbocycles. The van der Waals surface area contributed by atoms with Gasteiger partial charge >= 0.3 is 0 Å². The van der Waals surface area contributed by atoms with Gasteiger partial charge < -0.3 is 9.84 Å². The van der Waals surface area contributed by atoms with Gasteiger partial charge in [-0.3, -0.25) is 14.5 Å². The number of anilines is 1. The van der Waals surface area contributed by atoms with Gasteiger partial charge in [-0.2, -0.15) is 0 Å². The lowest BCUT2D eigenvalue weighted by Gasteiger charge is -2.26. The first kappa shape index (κ1) is 23.6. The summed E-state index contributed by atoms with van der Waals surface area (Å²) in [5.74, 6) is -0.741. The summed E-state index contributed by atoms with van der Waals surface area (Å²) in [5.41, 5.74) is 2.79. The number of amides is 1. The highest BCUT2D eigenvalue weighted by Crippen LogP contribution is 2.43. The minimum Gasteiger partial charge on any atom is -0.507 e. The molecule has 5 nitrogen and oxygen atoms in total. The normalized spacial score (nSPS) is 17.4. The molecule has 1 saturated heterocycles. The molecule has 1 unspecified atom stereocenters. The average molecular weight is 476 g/mol. The van der Waals surface area contributed by atoms with E-state index in [1.165, 1.54) is 4.90 Å². The second-order valence-electron chi connectivity index (χ2n) is 8.43. The van der Waals surface area contributed by atoms with Gasteiger partial charge in [0.05, 0.1) is 18.2 Å². The lowest BCUT2D eigenvalue weighted by atomic mass is 9.94. The molecule has 1 fully saturated rings. The molecule has 0 spiro atoms. The van der Waals surface area contributed by atoms with E-state index in [2.05, 4.69) is 13.8 Å². The van der Waals surface area contributed by atoms with Crippen molar-refractivity contribution in [3.8, 4) is 5.75 Å². The number of ketones is 1. The number of hydrogen-bond donors (Lipinski definition) is 1. The molecule has 34 heavy (non-hydrogen) atoms. The number of carbonyl (C=O) groups excluding carboxylic acids is 2. The largest absolute Gasteiger partial charge is 0.507 e. The molecule has 0 aliphatic carbocycles. The number of ether oxygens (including phenoxy) is 1. The smallest absolute Gasteiger partial charge is 0.300 e. The van der Waals surface area contributed by atoms with Crippen LogP contribution in [-0.2, 0) is 9.59 Å². The molecule has 3 aromatic rings. The van der Waals surface area contributed by atoms with Crippen LogP contribution >= 0.6 is 11.6 Å². The number of benzene rings is 3. The summed E-state index contributed by atoms with van der Waals surface area (Å²) in [5, 5.41) is 11.7. The van der Waals surface area contributed by atoms with Crippen molar-refractivity contribution in [3.05, 3.63) is 100 Å². The maximum absolute atomic E-state index is 13.3. The first-order valence-electron chi connectivity index (χ1n) is 11.2. The first-order chi connectivity index (χ1) is 16.3. The Labute approximate surface area is 204 Å². The number of Topliss-reactive ketones (excluding diaryl/α,β-unsaturated/α-hetero) is 1. The zero-order valence-corrected chi connectivity index (χ0v) is 20.0.